The summed E-state index contributed by atoms with van der Waals surface area (Å²) >= 11 is 0. The molecule has 5 rings (SSSR count). The number of nitrogens with zero attached hydrogens (tertiary/aromatic N) is 2. The molecule has 7 heteroatoms. The highest BCUT2D eigenvalue weighted by atomic mass is 19.1. The molecule has 0 saturated carbocycles. The number of halogens is 1. The molecule has 1 aromatic heterocycles. The number of benzene rings is 2. The molecule has 6 nitrogen and oxygen atoms in total. The third-order valence-electron chi connectivity index (χ3n) is 6.42. The third-order valence-corrected chi connectivity index (χ3v) is 6.42. The molecule has 1 fully saturated rings. The van der Waals surface area contributed by atoms with E-state index in [1.807, 2.05) is 31.2 Å². The van der Waals surface area contributed by atoms with Gasteiger partial charge in [-0.2, -0.15) is 0 Å². The zero-order valence-corrected chi connectivity index (χ0v) is 18.9. The van der Waals surface area contributed by atoms with Crippen LogP contribution >= 0.6 is 0 Å². The molecule has 2 aliphatic rings. The summed E-state index contributed by atoms with van der Waals surface area (Å²) in [6.45, 7) is 4.67. The summed E-state index contributed by atoms with van der Waals surface area (Å²) in [5.41, 5.74) is 4.29. The standard InChI is InChI=1S/C27H27FN2O4/c1-17-24-11-21(31)4-7-25(24)34-27(26(17)20-10-22(32)14-29-13-20)19-2-5-23(6-3-19)33-9-8-30-15-18(12-28)16-30/h2-7,10-11,13-14,18,27,31-32H,8-9,12,15-16H2,1H3. The van der Waals surface area contributed by atoms with Crippen LogP contribution in [0.2, 0.25) is 0 Å². The predicted octanol–water partition coefficient (Wildman–Crippen LogP) is 4.84. The van der Waals surface area contributed by atoms with Crippen molar-refractivity contribution in [1.82, 2.24) is 9.88 Å². The van der Waals surface area contributed by atoms with Crippen LogP contribution < -0.4 is 9.47 Å². The topological polar surface area (TPSA) is 75.1 Å². The van der Waals surface area contributed by atoms with Gasteiger partial charge in [-0.05, 0) is 54.5 Å². The number of rotatable bonds is 7. The lowest BCUT2D eigenvalue weighted by Crippen LogP contribution is -2.49. The molecule has 0 amide bonds. The molecule has 1 atom stereocenters. The molecule has 0 aliphatic carbocycles. The number of hydrogen-bond donors (Lipinski definition) is 2. The van der Waals surface area contributed by atoms with Crippen LogP contribution in [0.15, 0.2) is 60.9 Å². The Morgan fingerprint density at radius 3 is 2.59 bits per heavy atom. The Bertz CT molecular complexity index is 1210. The average molecular weight is 463 g/mol. The monoisotopic (exact) mass is 462 g/mol. The van der Waals surface area contributed by atoms with Crippen molar-refractivity contribution in [2.45, 2.75) is 13.0 Å². The van der Waals surface area contributed by atoms with Gasteiger partial charge in [-0.25, -0.2) is 0 Å². The molecule has 0 spiro atoms. The third kappa shape index (κ3) is 4.43. The molecule has 3 heterocycles. The number of allylic oxidation sites excluding steroid dienone is 1. The number of fused-ring (bicyclic) bond motifs is 1. The molecular formula is C27H27FN2O4. The van der Waals surface area contributed by atoms with Gasteiger partial charge in [0.05, 0.1) is 12.9 Å². The molecule has 0 radical (unpaired) electrons. The van der Waals surface area contributed by atoms with E-state index in [9.17, 15) is 14.6 Å². The first kappa shape index (κ1) is 22.2. The van der Waals surface area contributed by atoms with Crippen LogP contribution in [0.5, 0.6) is 23.0 Å². The predicted molar refractivity (Wildman–Crippen MR) is 128 cm³/mol. The molecule has 34 heavy (non-hydrogen) atoms. The van der Waals surface area contributed by atoms with Crippen LogP contribution in [-0.4, -0.2) is 53.0 Å². The molecule has 2 N–H and O–H groups in total. The number of aromatic nitrogens is 1. The SMILES string of the molecule is CC1=C(c2cncc(O)c2)C(c2ccc(OCCN3CC(CF)C3)cc2)Oc2ccc(O)cc21. The highest BCUT2D eigenvalue weighted by Gasteiger charge is 2.30. The maximum atomic E-state index is 12.6. The largest absolute Gasteiger partial charge is 0.508 e. The first-order valence-corrected chi connectivity index (χ1v) is 11.4. The first-order chi connectivity index (χ1) is 16.5. The minimum atomic E-state index is -0.423. The summed E-state index contributed by atoms with van der Waals surface area (Å²) < 4.78 is 24.8. The van der Waals surface area contributed by atoms with Gasteiger partial charge in [0, 0.05) is 48.4 Å². The van der Waals surface area contributed by atoms with Gasteiger partial charge in [0.15, 0.2) is 0 Å². The Labute approximate surface area is 197 Å². The summed E-state index contributed by atoms with van der Waals surface area (Å²) in [5, 5.41) is 20.0. The second-order valence-corrected chi connectivity index (χ2v) is 8.85. The van der Waals surface area contributed by atoms with Crippen molar-refractivity contribution in [3.8, 4) is 23.0 Å². The van der Waals surface area contributed by atoms with E-state index in [1.54, 1.807) is 30.5 Å². The number of pyridine rings is 1. The lowest BCUT2D eigenvalue weighted by atomic mass is 9.86. The number of alkyl halides is 1. The van der Waals surface area contributed by atoms with Crippen LogP contribution in [0.25, 0.3) is 11.1 Å². The number of phenols is 1. The van der Waals surface area contributed by atoms with Gasteiger partial charge >= 0.3 is 0 Å². The van der Waals surface area contributed by atoms with E-state index >= 15 is 0 Å². The average Bonchev–Trinajstić information content (AvgIpc) is 2.81. The minimum Gasteiger partial charge on any atom is -0.508 e. The number of likely N-dealkylation sites (tertiary alicyclic amines) is 1. The molecule has 3 aromatic rings. The lowest BCUT2D eigenvalue weighted by molar-refractivity contribution is 0.0668. The Morgan fingerprint density at radius 1 is 1.06 bits per heavy atom. The molecule has 1 unspecified atom stereocenters. The van der Waals surface area contributed by atoms with Crippen molar-refractivity contribution in [2.24, 2.45) is 5.92 Å². The second kappa shape index (κ2) is 9.35. The smallest absolute Gasteiger partial charge is 0.150 e. The summed E-state index contributed by atoms with van der Waals surface area (Å²) in [5.74, 6) is 1.85. The van der Waals surface area contributed by atoms with Crippen LogP contribution in [0.3, 0.4) is 0 Å². The van der Waals surface area contributed by atoms with E-state index < -0.39 is 6.10 Å². The fraction of sp³-hybridized carbons (Fsp3) is 0.296. The number of phenolic OH excluding ortho intramolecular Hbond substituents is 1. The molecule has 176 valence electrons. The van der Waals surface area contributed by atoms with Crippen LogP contribution in [-0.2, 0) is 0 Å². The van der Waals surface area contributed by atoms with Crippen molar-refractivity contribution in [3.05, 3.63) is 77.6 Å². The van der Waals surface area contributed by atoms with Crippen molar-refractivity contribution in [3.63, 3.8) is 0 Å². The second-order valence-electron chi connectivity index (χ2n) is 8.85. The van der Waals surface area contributed by atoms with Crippen LogP contribution in [0.1, 0.15) is 29.7 Å². The maximum Gasteiger partial charge on any atom is 0.150 e. The van der Waals surface area contributed by atoms with E-state index in [2.05, 4.69) is 9.88 Å². The molecule has 1 saturated heterocycles. The lowest BCUT2D eigenvalue weighted by Gasteiger charge is -2.37. The summed E-state index contributed by atoms with van der Waals surface area (Å²) in [4.78, 5) is 6.33. The summed E-state index contributed by atoms with van der Waals surface area (Å²) in [6.07, 6.45) is 2.67. The number of ether oxygens (including phenoxy) is 2. The van der Waals surface area contributed by atoms with Gasteiger partial charge in [-0.15, -0.1) is 0 Å². The van der Waals surface area contributed by atoms with E-state index in [-0.39, 0.29) is 24.1 Å². The Hall–Kier alpha value is -3.58. The quantitative estimate of drug-likeness (QED) is 0.524. The molecule has 2 aromatic carbocycles. The van der Waals surface area contributed by atoms with Gasteiger partial charge in [-0.3, -0.25) is 14.3 Å². The minimum absolute atomic E-state index is 0.0713. The van der Waals surface area contributed by atoms with Gasteiger partial charge in [0.25, 0.3) is 0 Å². The van der Waals surface area contributed by atoms with E-state index in [1.165, 1.54) is 6.20 Å². The van der Waals surface area contributed by atoms with Gasteiger partial charge < -0.3 is 19.7 Å². The highest BCUT2D eigenvalue weighted by molar-refractivity contribution is 5.95. The van der Waals surface area contributed by atoms with Crippen molar-refractivity contribution >= 4 is 11.1 Å². The normalized spacial score (nSPS) is 18.2. The van der Waals surface area contributed by atoms with Crippen LogP contribution in [0, 0.1) is 5.92 Å². The summed E-state index contributed by atoms with van der Waals surface area (Å²) in [6, 6.07) is 14.5. The zero-order chi connectivity index (χ0) is 23.7. The molecule has 2 aliphatic heterocycles. The maximum absolute atomic E-state index is 12.6. The van der Waals surface area contributed by atoms with E-state index in [0.29, 0.717) is 12.4 Å². The Morgan fingerprint density at radius 2 is 1.85 bits per heavy atom. The molecular weight excluding hydrogens is 435 g/mol. The Balaban J connectivity index is 1.38. The van der Waals surface area contributed by atoms with E-state index in [0.717, 1.165) is 53.2 Å². The van der Waals surface area contributed by atoms with E-state index in [4.69, 9.17) is 9.47 Å². The number of aromatic hydroxyl groups is 2. The first-order valence-electron chi connectivity index (χ1n) is 11.4. The zero-order valence-electron chi connectivity index (χ0n) is 18.9. The van der Waals surface area contributed by atoms with Crippen molar-refractivity contribution < 1.29 is 24.1 Å². The summed E-state index contributed by atoms with van der Waals surface area (Å²) in [7, 11) is 0. The van der Waals surface area contributed by atoms with Gasteiger partial charge in [-0.1, -0.05) is 12.1 Å². The van der Waals surface area contributed by atoms with Crippen molar-refractivity contribution in [2.75, 3.05) is 32.9 Å². The van der Waals surface area contributed by atoms with Crippen molar-refractivity contribution in [1.29, 1.82) is 0 Å². The Kier molecular flexibility index (Phi) is 6.11. The fourth-order valence-corrected chi connectivity index (χ4v) is 4.61. The number of hydrogen-bond acceptors (Lipinski definition) is 6. The highest BCUT2D eigenvalue weighted by Crippen LogP contribution is 2.47. The fourth-order valence-electron chi connectivity index (χ4n) is 4.61. The van der Waals surface area contributed by atoms with Gasteiger partial charge in [0.1, 0.15) is 35.7 Å². The molecule has 0 bridgehead atoms. The van der Waals surface area contributed by atoms with Gasteiger partial charge in [0.2, 0.25) is 0 Å². The van der Waals surface area contributed by atoms with Crippen LogP contribution in [0.4, 0.5) is 4.39 Å².